The van der Waals surface area contributed by atoms with E-state index in [0.717, 1.165) is 12.8 Å². The average Bonchev–Trinajstić information content (AvgIpc) is 1.61. The lowest BCUT2D eigenvalue weighted by Crippen LogP contribution is -2.30. The fourth-order valence-corrected chi connectivity index (χ4v) is 0.354. The first-order chi connectivity index (χ1) is 3.27. The van der Waals surface area contributed by atoms with Crippen LogP contribution in [0.25, 0.3) is 0 Å². The van der Waals surface area contributed by atoms with Crippen molar-refractivity contribution in [2.45, 2.75) is 19.0 Å². The Kier molecular flexibility index (Phi) is 19.0. The standard InChI is InChI=1S/C4H13N3.2H3N/c5-3-1-2-4(6)7;;/h4H,1-3,5-7H2;2*1H3. The molecule has 0 saturated heterocycles. The quantitative estimate of drug-likeness (QED) is 0.326. The molecule has 0 aliphatic heterocycles. The van der Waals surface area contributed by atoms with Crippen molar-refractivity contribution in [1.29, 1.82) is 0 Å². The molecule has 0 aromatic rings. The van der Waals surface area contributed by atoms with E-state index in [9.17, 15) is 0 Å². The van der Waals surface area contributed by atoms with E-state index >= 15 is 0 Å². The molecule has 0 aromatic heterocycles. The average molecular weight is 137 g/mol. The van der Waals surface area contributed by atoms with E-state index in [0.29, 0.717) is 6.54 Å². The Labute approximate surface area is 56.1 Å². The highest BCUT2D eigenvalue weighted by Gasteiger charge is 1.88. The fourth-order valence-electron chi connectivity index (χ4n) is 0.354. The molecule has 0 aliphatic rings. The number of hydrogen-bond donors (Lipinski definition) is 5. The van der Waals surface area contributed by atoms with Gasteiger partial charge in [-0.2, -0.15) is 0 Å². The molecule has 0 bridgehead atoms. The molecule has 0 unspecified atom stereocenters. The van der Waals surface area contributed by atoms with Gasteiger partial charge >= 0.3 is 0 Å². The molecule has 60 valence electrons. The van der Waals surface area contributed by atoms with E-state index in [4.69, 9.17) is 17.2 Å². The Hall–Kier alpha value is -0.200. The minimum absolute atomic E-state index is 0. The molecule has 0 aliphatic carbocycles. The van der Waals surface area contributed by atoms with Crippen LogP contribution in [0.1, 0.15) is 12.8 Å². The SMILES string of the molecule is N.N.NCCCC(N)N. The zero-order chi connectivity index (χ0) is 5.70. The Balaban J connectivity index is -0.000000180. The summed E-state index contributed by atoms with van der Waals surface area (Å²) in [5, 5.41) is 0. The molecule has 0 atom stereocenters. The summed E-state index contributed by atoms with van der Waals surface area (Å²) in [6.45, 7) is 0.685. The highest BCUT2D eigenvalue weighted by atomic mass is 14.8. The highest BCUT2D eigenvalue weighted by molar-refractivity contribution is 4.49. The van der Waals surface area contributed by atoms with E-state index in [1.165, 1.54) is 0 Å². The zero-order valence-corrected chi connectivity index (χ0v) is 5.84. The molecular weight excluding hydrogens is 118 g/mol. The first-order valence-corrected chi connectivity index (χ1v) is 2.48. The topological polar surface area (TPSA) is 148 Å². The second-order valence-electron chi connectivity index (χ2n) is 1.59. The van der Waals surface area contributed by atoms with E-state index < -0.39 is 0 Å². The van der Waals surface area contributed by atoms with Crippen LogP contribution in [-0.4, -0.2) is 12.7 Å². The molecule has 0 aromatic carbocycles. The Bertz CT molecular complexity index is 37.9. The van der Waals surface area contributed by atoms with Crippen molar-refractivity contribution < 1.29 is 0 Å². The van der Waals surface area contributed by atoms with E-state index in [1.54, 1.807) is 0 Å². The van der Waals surface area contributed by atoms with Crippen LogP contribution in [0.2, 0.25) is 0 Å². The third-order valence-corrected chi connectivity index (χ3v) is 0.742. The van der Waals surface area contributed by atoms with E-state index in [-0.39, 0.29) is 18.5 Å². The fraction of sp³-hybridized carbons (Fsp3) is 1.00. The molecule has 9 heavy (non-hydrogen) atoms. The van der Waals surface area contributed by atoms with Crippen LogP contribution < -0.4 is 29.5 Å². The van der Waals surface area contributed by atoms with Gasteiger partial charge < -0.3 is 29.5 Å². The minimum atomic E-state index is -0.177. The van der Waals surface area contributed by atoms with Gasteiger partial charge in [-0.3, -0.25) is 0 Å². The number of nitrogens with two attached hydrogens (primary N) is 3. The van der Waals surface area contributed by atoms with Gasteiger partial charge in [-0.15, -0.1) is 0 Å². The van der Waals surface area contributed by atoms with E-state index in [2.05, 4.69) is 0 Å². The number of hydrogen-bond acceptors (Lipinski definition) is 5. The molecule has 0 radical (unpaired) electrons. The predicted molar refractivity (Wildman–Crippen MR) is 40.5 cm³/mol. The van der Waals surface area contributed by atoms with E-state index in [1.807, 2.05) is 0 Å². The number of rotatable bonds is 3. The zero-order valence-electron chi connectivity index (χ0n) is 5.84. The first kappa shape index (κ1) is 15.9. The van der Waals surface area contributed by atoms with Gasteiger partial charge in [-0.05, 0) is 19.4 Å². The van der Waals surface area contributed by atoms with Crippen LogP contribution >= 0.6 is 0 Å². The van der Waals surface area contributed by atoms with Gasteiger partial charge in [0.05, 0.1) is 6.17 Å². The van der Waals surface area contributed by atoms with Crippen molar-refractivity contribution in [2.24, 2.45) is 17.2 Å². The normalized spacial score (nSPS) is 8.00. The van der Waals surface area contributed by atoms with Crippen molar-refractivity contribution in [1.82, 2.24) is 12.3 Å². The summed E-state index contributed by atoms with van der Waals surface area (Å²) in [5.74, 6) is 0. The van der Waals surface area contributed by atoms with Crippen molar-refractivity contribution >= 4 is 0 Å². The summed E-state index contributed by atoms with van der Waals surface area (Å²) in [5.41, 5.74) is 15.6. The molecule has 5 nitrogen and oxygen atoms in total. The molecule has 0 spiro atoms. The Morgan fingerprint density at radius 3 is 1.67 bits per heavy atom. The monoisotopic (exact) mass is 137 g/mol. The molecule has 0 heterocycles. The highest BCUT2D eigenvalue weighted by Crippen LogP contribution is 1.83. The van der Waals surface area contributed by atoms with Gasteiger partial charge in [0, 0.05) is 0 Å². The largest absolute Gasteiger partial charge is 0.344 e. The second-order valence-corrected chi connectivity index (χ2v) is 1.59. The maximum absolute atomic E-state index is 5.20. The summed E-state index contributed by atoms with van der Waals surface area (Å²) in [4.78, 5) is 0. The second kappa shape index (κ2) is 10.7. The Morgan fingerprint density at radius 2 is 1.56 bits per heavy atom. The predicted octanol–water partition coefficient (Wildman–Crippen LogP) is -0.707. The van der Waals surface area contributed by atoms with Gasteiger partial charge in [0.25, 0.3) is 0 Å². The lowest BCUT2D eigenvalue weighted by atomic mass is 10.3. The van der Waals surface area contributed by atoms with Gasteiger partial charge in [-0.1, -0.05) is 0 Å². The Morgan fingerprint density at radius 1 is 1.11 bits per heavy atom. The minimum Gasteiger partial charge on any atom is -0.344 e. The van der Waals surface area contributed by atoms with Gasteiger partial charge in [0.15, 0.2) is 0 Å². The van der Waals surface area contributed by atoms with Gasteiger partial charge in [-0.25, -0.2) is 0 Å². The van der Waals surface area contributed by atoms with Crippen LogP contribution in [0.15, 0.2) is 0 Å². The van der Waals surface area contributed by atoms with Gasteiger partial charge in [0.2, 0.25) is 0 Å². The maximum atomic E-state index is 5.20. The summed E-state index contributed by atoms with van der Waals surface area (Å²) in [7, 11) is 0. The smallest absolute Gasteiger partial charge is 0.0521 e. The van der Waals surface area contributed by atoms with Crippen LogP contribution in [0.3, 0.4) is 0 Å². The first-order valence-electron chi connectivity index (χ1n) is 2.48. The van der Waals surface area contributed by atoms with Crippen LogP contribution in [-0.2, 0) is 0 Å². The van der Waals surface area contributed by atoms with Crippen molar-refractivity contribution in [2.75, 3.05) is 6.54 Å². The van der Waals surface area contributed by atoms with Crippen molar-refractivity contribution in [3.8, 4) is 0 Å². The molecule has 12 N–H and O–H groups in total. The lowest BCUT2D eigenvalue weighted by Gasteiger charge is -2.00. The summed E-state index contributed by atoms with van der Waals surface area (Å²) >= 11 is 0. The van der Waals surface area contributed by atoms with Gasteiger partial charge in [0.1, 0.15) is 0 Å². The maximum Gasteiger partial charge on any atom is 0.0521 e. The van der Waals surface area contributed by atoms with Crippen LogP contribution in [0.5, 0.6) is 0 Å². The third kappa shape index (κ3) is 18.2. The molecular formula is C4H19N5. The lowest BCUT2D eigenvalue weighted by molar-refractivity contribution is 0.609. The summed E-state index contributed by atoms with van der Waals surface area (Å²) in [6.07, 6.45) is 1.58. The molecule has 0 amide bonds. The molecule has 0 saturated carbocycles. The van der Waals surface area contributed by atoms with Crippen molar-refractivity contribution in [3.05, 3.63) is 0 Å². The molecule has 5 heteroatoms. The van der Waals surface area contributed by atoms with Crippen LogP contribution in [0.4, 0.5) is 0 Å². The summed E-state index contributed by atoms with van der Waals surface area (Å²) in [6, 6.07) is 0. The van der Waals surface area contributed by atoms with Crippen LogP contribution in [0, 0.1) is 0 Å². The molecule has 0 fully saturated rings. The third-order valence-electron chi connectivity index (χ3n) is 0.742. The molecule has 0 rings (SSSR count). The summed E-state index contributed by atoms with van der Waals surface area (Å²) < 4.78 is 0. The van der Waals surface area contributed by atoms with Crippen molar-refractivity contribution in [3.63, 3.8) is 0 Å².